The standard InChI is InChI=1S/C9H6ClNO4S/c10-6-4-2-1-3-5(6)8-7(12)9(13)11-16(8,14)15/h1-4,12H,(H,11,13). The Morgan fingerprint density at radius 3 is 2.38 bits per heavy atom. The van der Waals surface area contributed by atoms with Crippen LogP contribution in [0.25, 0.3) is 4.91 Å². The number of amides is 1. The van der Waals surface area contributed by atoms with Gasteiger partial charge in [0.15, 0.2) is 0 Å². The molecule has 1 aromatic carbocycles. The van der Waals surface area contributed by atoms with Crippen LogP contribution in [0, 0.1) is 0 Å². The molecule has 1 amide bonds. The number of carbonyl (C=O) groups is 1. The van der Waals surface area contributed by atoms with Gasteiger partial charge in [0.2, 0.25) is 5.76 Å². The third-order valence-electron chi connectivity index (χ3n) is 2.04. The van der Waals surface area contributed by atoms with E-state index in [0.717, 1.165) is 0 Å². The summed E-state index contributed by atoms with van der Waals surface area (Å²) in [6.07, 6.45) is 0. The Bertz CT molecular complexity index is 606. The van der Waals surface area contributed by atoms with Crippen molar-refractivity contribution in [2.45, 2.75) is 0 Å². The summed E-state index contributed by atoms with van der Waals surface area (Å²) < 4.78 is 24.7. The highest BCUT2D eigenvalue weighted by atomic mass is 35.5. The minimum absolute atomic E-state index is 0.0972. The van der Waals surface area contributed by atoms with E-state index in [2.05, 4.69) is 0 Å². The van der Waals surface area contributed by atoms with Gasteiger partial charge < -0.3 is 5.11 Å². The lowest BCUT2D eigenvalue weighted by Gasteiger charge is -2.03. The molecule has 0 spiro atoms. The molecule has 0 atom stereocenters. The van der Waals surface area contributed by atoms with Crippen LogP contribution in [0.4, 0.5) is 0 Å². The first-order valence-corrected chi connectivity index (χ1v) is 6.05. The maximum absolute atomic E-state index is 11.5. The number of hydrogen-bond acceptors (Lipinski definition) is 4. The number of rotatable bonds is 1. The molecule has 1 aliphatic rings. The van der Waals surface area contributed by atoms with Crippen molar-refractivity contribution in [3.05, 3.63) is 40.6 Å². The number of aliphatic hydroxyl groups is 1. The third kappa shape index (κ3) is 1.56. The molecule has 2 N–H and O–H groups in total. The van der Waals surface area contributed by atoms with E-state index in [4.69, 9.17) is 11.6 Å². The van der Waals surface area contributed by atoms with Gasteiger partial charge in [-0.2, -0.15) is 0 Å². The molecule has 1 aromatic rings. The highest BCUT2D eigenvalue weighted by molar-refractivity contribution is 8.00. The zero-order chi connectivity index (χ0) is 11.9. The second-order valence-electron chi connectivity index (χ2n) is 3.09. The molecule has 1 aliphatic heterocycles. The molecule has 0 saturated heterocycles. The van der Waals surface area contributed by atoms with Crippen LogP contribution in [0.15, 0.2) is 30.0 Å². The Morgan fingerprint density at radius 1 is 1.25 bits per heavy atom. The highest BCUT2D eigenvalue weighted by Gasteiger charge is 2.37. The minimum atomic E-state index is -4.02. The van der Waals surface area contributed by atoms with Crippen LogP contribution in [0.3, 0.4) is 0 Å². The van der Waals surface area contributed by atoms with E-state index in [0.29, 0.717) is 0 Å². The van der Waals surface area contributed by atoms with E-state index >= 15 is 0 Å². The van der Waals surface area contributed by atoms with Gasteiger partial charge in [-0.15, -0.1) is 0 Å². The molecule has 5 nitrogen and oxygen atoms in total. The molecule has 84 valence electrons. The van der Waals surface area contributed by atoms with Crippen LogP contribution in [0.1, 0.15) is 5.56 Å². The summed E-state index contributed by atoms with van der Waals surface area (Å²) in [6.45, 7) is 0. The lowest BCUT2D eigenvalue weighted by Crippen LogP contribution is -2.23. The maximum Gasteiger partial charge on any atom is 0.301 e. The molecule has 7 heteroatoms. The van der Waals surface area contributed by atoms with Gasteiger partial charge in [-0.05, 0) is 6.07 Å². The molecule has 1 heterocycles. The van der Waals surface area contributed by atoms with Crippen LogP contribution in [0.2, 0.25) is 5.02 Å². The van der Waals surface area contributed by atoms with Gasteiger partial charge in [-0.25, -0.2) is 13.1 Å². The fraction of sp³-hybridized carbons (Fsp3) is 0. The van der Waals surface area contributed by atoms with Gasteiger partial charge in [0, 0.05) is 10.6 Å². The largest absolute Gasteiger partial charge is 0.502 e. The van der Waals surface area contributed by atoms with Crippen molar-refractivity contribution in [3.63, 3.8) is 0 Å². The van der Waals surface area contributed by atoms with E-state index in [1.165, 1.54) is 12.1 Å². The summed E-state index contributed by atoms with van der Waals surface area (Å²) in [5.74, 6) is -1.89. The van der Waals surface area contributed by atoms with Gasteiger partial charge >= 0.3 is 5.91 Å². The average molecular weight is 260 g/mol. The van der Waals surface area contributed by atoms with Crippen molar-refractivity contribution in [2.24, 2.45) is 0 Å². The van der Waals surface area contributed by atoms with Crippen LogP contribution in [-0.2, 0) is 14.8 Å². The predicted molar refractivity (Wildman–Crippen MR) is 58.1 cm³/mol. The van der Waals surface area contributed by atoms with Crippen LogP contribution in [0.5, 0.6) is 0 Å². The van der Waals surface area contributed by atoms with E-state index in [-0.39, 0.29) is 10.6 Å². The van der Waals surface area contributed by atoms with Gasteiger partial charge in [0.1, 0.15) is 4.91 Å². The van der Waals surface area contributed by atoms with Gasteiger partial charge in [0.05, 0.1) is 0 Å². The number of hydrogen-bond donors (Lipinski definition) is 2. The summed E-state index contributed by atoms with van der Waals surface area (Å²) in [5, 5.41) is 9.54. The van der Waals surface area contributed by atoms with E-state index in [1.807, 2.05) is 0 Å². The number of carbonyl (C=O) groups excluding carboxylic acids is 1. The van der Waals surface area contributed by atoms with Crippen LogP contribution in [-0.4, -0.2) is 19.4 Å². The molecule has 2 rings (SSSR count). The number of sulfonamides is 1. The summed E-state index contributed by atoms with van der Waals surface area (Å²) >= 11 is 5.80. The summed E-state index contributed by atoms with van der Waals surface area (Å²) in [7, 11) is -4.02. The summed E-state index contributed by atoms with van der Waals surface area (Å²) in [6, 6.07) is 6.04. The summed E-state index contributed by atoms with van der Waals surface area (Å²) in [5.41, 5.74) is 0.0972. The molecule has 16 heavy (non-hydrogen) atoms. The first kappa shape index (κ1) is 11.0. The predicted octanol–water partition coefficient (Wildman–Crippen LogP) is 1.03. The second-order valence-corrected chi connectivity index (χ2v) is 5.12. The van der Waals surface area contributed by atoms with Crippen molar-refractivity contribution in [3.8, 4) is 0 Å². The van der Waals surface area contributed by atoms with E-state index in [9.17, 15) is 18.3 Å². The normalized spacial score (nSPS) is 18.7. The minimum Gasteiger partial charge on any atom is -0.502 e. The molecule has 0 fully saturated rings. The average Bonchev–Trinajstić information content (AvgIpc) is 2.38. The molecule has 0 unspecified atom stereocenters. The Morgan fingerprint density at radius 2 is 1.88 bits per heavy atom. The van der Waals surface area contributed by atoms with E-state index < -0.39 is 26.6 Å². The fourth-order valence-corrected chi connectivity index (χ4v) is 2.91. The molecule has 0 bridgehead atoms. The molecule has 0 aromatic heterocycles. The van der Waals surface area contributed by atoms with Crippen molar-refractivity contribution in [1.82, 2.24) is 4.72 Å². The number of halogens is 1. The van der Waals surface area contributed by atoms with Crippen molar-refractivity contribution in [2.75, 3.05) is 0 Å². The lowest BCUT2D eigenvalue weighted by molar-refractivity contribution is -0.117. The maximum atomic E-state index is 11.5. The first-order valence-electron chi connectivity index (χ1n) is 4.19. The molecule has 0 radical (unpaired) electrons. The molecule has 0 aliphatic carbocycles. The van der Waals surface area contributed by atoms with Crippen molar-refractivity contribution in [1.29, 1.82) is 0 Å². The topological polar surface area (TPSA) is 83.5 Å². The number of aliphatic hydroxyl groups excluding tert-OH is 1. The monoisotopic (exact) mass is 259 g/mol. The van der Waals surface area contributed by atoms with Crippen molar-refractivity contribution < 1.29 is 18.3 Å². The zero-order valence-electron chi connectivity index (χ0n) is 7.77. The molecular formula is C9H6ClNO4S. The number of nitrogens with one attached hydrogen (secondary N) is 1. The first-order chi connectivity index (χ1) is 7.43. The Balaban J connectivity index is 2.74. The fourth-order valence-electron chi connectivity index (χ4n) is 1.37. The van der Waals surface area contributed by atoms with Gasteiger partial charge in [-0.3, -0.25) is 4.79 Å². The summed E-state index contributed by atoms with van der Waals surface area (Å²) in [4.78, 5) is 10.6. The van der Waals surface area contributed by atoms with Gasteiger partial charge in [-0.1, -0.05) is 29.8 Å². The lowest BCUT2D eigenvalue weighted by atomic mass is 10.2. The highest BCUT2D eigenvalue weighted by Crippen LogP contribution is 2.32. The smallest absolute Gasteiger partial charge is 0.301 e. The van der Waals surface area contributed by atoms with Crippen LogP contribution < -0.4 is 4.72 Å². The molecule has 0 saturated carbocycles. The Hall–Kier alpha value is -1.53. The van der Waals surface area contributed by atoms with Crippen molar-refractivity contribution >= 4 is 32.4 Å². The zero-order valence-corrected chi connectivity index (χ0v) is 9.34. The quantitative estimate of drug-likeness (QED) is 0.789. The van der Waals surface area contributed by atoms with Gasteiger partial charge in [0.25, 0.3) is 10.0 Å². The van der Waals surface area contributed by atoms with E-state index in [1.54, 1.807) is 16.9 Å². The second kappa shape index (κ2) is 3.50. The van der Waals surface area contributed by atoms with Crippen LogP contribution >= 0.6 is 11.6 Å². The Labute approximate surface area is 96.4 Å². The third-order valence-corrected chi connectivity index (χ3v) is 3.78. The Kier molecular flexibility index (Phi) is 2.40. The SMILES string of the molecule is O=C1NS(=O)(=O)C(c2ccccc2Cl)=C1O. The molecular weight excluding hydrogens is 254 g/mol. The number of benzene rings is 1.